The van der Waals surface area contributed by atoms with Gasteiger partial charge in [-0.3, -0.25) is 4.79 Å². The first-order chi connectivity index (χ1) is 5.20. The average Bonchev–Trinajstić information content (AvgIpc) is 2.01. The van der Waals surface area contributed by atoms with Crippen LogP contribution in [0.1, 0.15) is 19.8 Å². The molecule has 0 aliphatic heterocycles. The maximum atomic E-state index is 10.6. The monoisotopic (exact) mass is 157 g/mol. The first kappa shape index (κ1) is 10.2. The van der Waals surface area contributed by atoms with Gasteiger partial charge >= 0.3 is 0 Å². The molecule has 3 nitrogen and oxygen atoms in total. The lowest BCUT2D eigenvalue weighted by molar-refractivity contribution is -0.116. The number of hydrogen-bond donors (Lipinski definition) is 2. The lowest BCUT2D eigenvalue weighted by Gasteiger charge is -2.08. The highest BCUT2D eigenvalue weighted by Crippen LogP contribution is 1.93. The average molecular weight is 157 g/mol. The number of amides is 1. The van der Waals surface area contributed by atoms with Crippen LogP contribution in [0.5, 0.6) is 0 Å². The molecule has 0 aliphatic rings. The van der Waals surface area contributed by atoms with Gasteiger partial charge in [-0.05, 0) is 12.5 Å². The van der Waals surface area contributed by atoms with Gasteiger partial charge in [-0.25, -0.2) is 0 Å². The molecule has 3 heteroatoms. The molecule has 64 valence electrons. The van der Waals surface area contributed by atoms with Crippen molar-refractivity contribution in [1.29, 1.82) is 0 Å². The summed E-state index contributed by atoms with van der Waals surface area (Å²) in [6.07, 6.45) is 2.41. The summed E-state index contributed by atoms with van der Waals surface area (Å²) in [4.78, 5) is 10.6. The van der Waals surface area contributed by atoms with Crippen LogP contribution in [-0.4, -0.2) is 23.7 Å². The van der Waals surface area contributed by atoms with Gasteiger partial charge in [-0.2, -0.15) is 0 Å². The van der Waals surface area contributed by atoms with Crippen LogP contribution in [0.3, 0.4) is 0 Å². The zero-order chi connectivity index (χ0) is 8.69. The Morgan fingerprint density at radius 2 is 2.45 bits per heavy atom. The van der Waals surface area contributed by atoms with Crippen LogP contribution in [0, 0.1) is 0 Å². The minimum absolute atomic E-state index is 0.236. The predicted molar refractivity (Wildman–Crippen MR) is 44.1 cm³/mol. The van der Waals surface area contributed by atoms with Crippen LogP contribution in [0.4, 0.5) is 0 Å². The second kappa shape index (κ2) is 5.92. The van der Waals surface area contributed by atoms with Crippen molar-refractivity contribution >= 4 is 5.91 Å². The van der Waals surface area contributed by atoms with Crippen LogP contribution in [-0.2, 0) is 4.79 Å². The second-order valence-corrected chi connectivity index (χ2v) is 2.39. The Hall–Kier alpha value is -0.830. The minimum atomic E-state index is -0.427. The molecule has 0 bridgehead atoms. The Morgan fingerprint density at radius 3 is 2.91 bits per heavy atom. The number of aliphatic hydroxyl groups excluding tert-OH is 1. The molecule has 1 amide bonds. The molecule has 0 saturated heterocycles. The molecule has 0 saturated carbocycles. The van der Waals surface area contributed by atoms with Crippen molar-refractivity contribution in [2.24, 2.45) is 0 Å². The fourth-order valence-electron chi connectivity index (χ4n) is 0.726. The third-order valence-electron chi connectivity index (χ3n) is 1.32. The number of hydrogen-bond acceptors (Lipinski definition) is 2. The minimum Gasteiger partial charge on any atom is -0.391 e. The van der Waals surface area contributed by atoms with Crippen molar-refractivity contribution in [1.82, 2.24) is 5.32 Å². The Kier molecular flexibility index (Phi) is 5.47. The molecule has 1 atom stereocenters. The molecule has 0 fully saturated rings. The molecule has 0 spiro atoms. The van der Waals surface area contributed by atoms with E-state index in [1.54, 1.807) is 0 Å². The summed E-state index contributed by atoms with van der Waals surface area (Å²) in [6.45, 7) is 5.59. The van der Waals surface area contributed by atoms with Gasteiger partial charge in [0, 0.05) is 6.54 Å². The van der Waals surface area contributed by atoms with Crippen molar-refractivity contribution in [2.75, 3.05) is 6.54 Å². The van der Waals surface area contributed by atoms with E-state index in [0.29, 0.717) is 6.54 Å². The van der Waals surface area contributed by atoms with E-state index >= 15 is 0 Å². The summed E-state index contributed by atoms with van der Waals surface area (Å²) in [5.74, 6) is -0.236. The quantitative estimate of drug-likeness (QED) is 0.569. The molecular weight excluding hydrogens is 142 g/mol. The molecule has 0 aromatic rings. The highest BCUT2D eigenvalue weighted by Gasteiger charge is 2.02. The van der Waals surface area contributed by atoms with Crippen molar-refractivity contribution < 1.29 is 9.90 Å². The Bertz CT molecular complexity index is 134. The van der Waals surface area contributed by atoms with Crippen molar-refractivity contribution in [2.45, 2.75) is 25.9 Å². The van der Waals surface area contributed by atoms with E-state index in [-0.39, 0.29) is 5.91 Å². The highest BCUT2D eigenvalue weighted by molar-refractivity contribution is 5.86. The first-order valence-electron chi connectivity index (χ1n) is 3.79. The van der Waals surface area contributed by atoms with Crippen molar-refractivity contribution in [3.63, 3.8) is 0 Å². The van der Waals surface area contributed by atoms with Gasteiger partial charge in [-0.15, -0.1) is 0 Å². The molecule has 2 N–H and O–H groups in total. The first-order valence-corrected chi connectivity index (χ1v) is 3.79. The van der Waals surface area contributed by atoms with Crippen molar-refractivity contribution in [3.8, 4) is 0 Å². The number of carbonyl (C=O) groups excluding carboxylic acids is 1. The van der Waals surface area contributed by atoms with E-state index in [0.717, 1.165) is 12.8 Å². The zero-order valence-corrected chi connectivity index (χ0v) is 6.84. The van der Waals surface area contributed by atoms with Gasteiger partial charge in [0.25, 0.3) is 0 Å². The molecule has 0 aromatic heterocycles. The van der Waals surface area contributed by atoms with E-state index in [4.69, 9.17) is 5.11 Å². The fraction of sp³-hybridized carbons (Fsp3) is 0.625. The summed E-state index contributed by atoms with van der Waals surface area (Å²) in [5.41, 5.74) is 0. The van der Waals surface area contributed by atoms with Crippen LogP contribution < -0.4 is 5.32 Å². The largest absolute Gasteiger partial charge is 0.391 e. The summed E-state index contributed by atoms with van der Waals surface area (Å²) in [5, 5.41) is 11.7. The Morgan fingerprint density at radius 1 is 1.82 bits per heavy atom. The van der Waals surface area contributed by atoms with Crippen molar-refractivity contribution in [3.05, 3.63) is 12.7 Å². The molecule has 0 heterocycles. The maximum Gasteiger partial charge on any atom is 0.243 e. The van der Waals surface area contributed by atoms with Crippen LogP contribution >= 0.6 is 0 Å². The summed E-state index contributed by atoms with van der Waals surface area (Å²) in [7, 11) is 0. The smallest absolute Gasteiger partial charge is 0.243 e. The number of nitrogens with one attached hydrogen (secondary N) is 1. The number of aliphatic hydroxyl groups is 1. The van der Waals surface area contributed by atoms with Gasteiger partial charge < -0.3 is 10.4 Å². The molecule has 0 aromatic carbocycles. The van der Waals surface area contributed by atoms with Gasteiger partial charge in [0.1, 0.15) is 0 Å². The van der Waals surface area contributed by atoms with Crippen LogP contribution in [0.15, 0.2) is 12.7 Å². The van der Waals surface area contributed by atoms with E-state index in [9.17, 15) is 4.79 Å². The Labute approximate surface area is 67.1 Å². The second-order valence-electron chi connectivity index (χ2n) is 2.39. The molecule has 0 rings (SSSR count). The number of carbonyl (C=O) groups is 1. The molecule has 0 aliphatic carbocycles. The Balaban J connectivity index is 3.37. The van der Waals surface area contributed by atoms with E-state index < -0.39 is 6.10 Å². The molecule has 1 unspecified atom stereocenters. The molecule has 11 heavy (non-hydrogen) atoms. The van der Waals surface area contributed by atoms with Gasteiger partial charge in [0.05, 0.1) is 6.10 Å². The highest BCUT2D eigenvalue weighted by atomic mass is 16.3. The fourth-order valence-corrected chi connectivity index (χ4v) is 0.726. The summed E-state index contributed by atoms with van der Waals surface area (Å²) in [6, 6.07) is 0. The van der Waals surface area contributed by atoms with E-state index in [1.165, 1.54) is 6.08 Å². The third-order valence-corrected chi connectivity index (χ3v) is 1.32. The van der Waals surface area contributed by atoms with Gasteiger partial charge in [0.2, 0.25) is 5.91 Å². The third kappa shape index (κ3) is 5.61. The zero-order valence-electron chi connectivity index (χ0n) is 6.84. The lowest BCUT2D eigenvalue weighted by Crippen LogP contribution is -2.30. The standard InChI is InChI=1S/C8H15NO2/c1-3-5-7(10)6-9-8(11)4-2/h4,7,10H,2-3,5-6H2,1H3,(H,9,11). The van der Waals surface area contributed by atoms with E-state index in [1.807, 2.05) is 6.92 Å². The van der Waals surface area contributed by atoms with Gasteiger partial charge in [0.15, 0.2) is 0 Å². The van der Waals surface area contributed by atoms with Crippen LogP contribution in [0.2, 0.25) is 0 Å². The van der Waals surface area contributed by atoms with E-state index in [2.05, 4.69) is 11.9 Å². The normalized spacial score (nSPS) is 12.2. The predicted octanol–water partition coefficient (Wildman–Crippen LogP) is 0.450. The maximum absolute atomic E-state index is 10.6. The van der Waals surface area contributed by atoms with Crippen LogP contribution in [0.25, 0.3) is 0 Å². The number of rotatable bonds is 5. The van der Waals surface area contributed by atoms with Gasteiger partial charge in [-0.1, -0.05) is 19.9 Å². The molecule has 0 radical (unpaired) electrons. The molecular formula is C8H15NO2. The summed E-state index contributed by atoms with van der Waals surface area (Å²) >= 11 is 0. The summed E-state index contributed by atoms with van der Waals surface area (Å²) < 4.78 is 0. The lowest BCUT2D eigenvalue weighted by atomic mass is 10.2. The topological polar surface area (TPSA) is 49.3 Å². The SMILES string of the molecule is C=CC(=O)NCC(O)CCC.